The summed E-state index contributed by atoms with van der Waals surface area (Å²) < 4.78 is 5.65. The molecule has 2 aromatic carbocycles. The number of benzene rings is 2. The highest BCUT2D eigenvalue weighted by molar-refractivity contribution is 7.11. The summed E-state index contributed by atoms with van der Waals surface area (Å²) in [6, 6.07) is 17.5. The molecule has 3 amide bonds. The molecule has 0 saturated carbocycles. The molecule has 32 heavy (non-hydrogen) atoms. The van der Waals surface area contributed by atoms with Crippen LogP contribution in [-0.2, 0) is 14.4 Å². The van der Waals surface area contributed by atoms with Gasteiger partial charge in [-0.1, -0.05) is 18.2 Å². The van der Waals surface area contributed by atoms with Gasteiger partial charge >= 0.3 is 0 Å². The van der Waals surface area contributed by atoms with E-state index in [1.54, 1.807) is 48.5 Å². The summed E-state index contributed by atoms with van der Waals surface area (Å²) in [4.78, 5) is 40.0. The van der Waals surface area contributed by atoms with Crippen molar-refractivity contribution in [2.24, 2.45) is 0 Å². The Bertz CT molecular complexity index is 1200. The third-order valence-electron chi connectivity index (χ3n) is 4.73. The lowest BCUT2D eigenvalue weighted by Gasteiger charge is -2.19. The number of nitrogens with zero attached hydrogens (tertiary/aromatic N) is 1. The van der Waals surface area contributed by atoms with E-state index in [1.807, 2.05) is 24.4 Å². The van der Waals surface area contributed by atoms with Crippen molar-refractivity contribution in [1.29, 1.82) is 0 Å². The maximum atomic E-state index is 13.5. The minimum atomic E-state index is -0.462. The number of carbonyl (C=O) groups is 3. The molecule has 0 bridgehead atoms. The second-order valence-electron chi connectivity index (χ2n) is 6.96. The van der Waals surface area contributed by atoms with Crippen molar-refractivity contribution in [3.8, 4) is 5.75 Å². The molecule has 0 aliphatic carbocycles. The first-order chi connectivity index (χ1) is 15.5. The normalized spacial score (nSPS) is 13.5. The highest BCUT2D eigenvalue weighted by Gasteiger charge is 2.41. The maximum Gasteiger partial charge on any atom is 0.282 e. The molecule has 1 aliphatic heterocycles. The van der Waals surface area contributed by atoms with E-state index in [9.17, 15) is 14.4 Å². The van der Waals surface area contributed by atoms with Crippen LogP contribution in [0.4, 0.5) is 17.1 Å². The highest BCUT2D eigenvalue weighted by atomic mass is 32.1. The zero-order valence-electron chi connectivity index (χ0n) is 17.5. The van der Waals surface area contributed by atoms with Gasteiger partial charge in [0, 0.05) is 23.2 Å². The van der Waals surface area contributed by atoms with Crippen LogP contribution < -0.4 is 20.3 Å². The minimum Gasteiger partial charge on any atom is -0.492 e. The Kier molecular flexibility index (Phi) is 6.04. The number of rotatable bonds is 7. The van der Waals surface area contributed by atoms with Crippen molar-refractivity contribution >= 4 is 51.7 Å². The summed E-state index contributed by atoms with van der Waals surface area (Å²) in [7, 11) is 0. The summed E-state index contributed by atoms with van der Waals surface area (Å²) >= 11 is 1.38. The van der Waals surface area contributed by atoms with Crippen LogP contribution >= 0.6 is 11.3 Å². The fraction of sp³-hybridized carbons (Fsp3) is 0.125. The first kappa shape index (κ1) is 21.3. The van der Waals surface area contributed by atoms with Gasteiger partial charge in [0.25, 0.3) is 11.8 Å². The van der Waals surface area contributed by atoms with Crippen LogP contribution in [-0.4, -0.2) is 24.3 Å². The van der Waals surface area contributed by atoms with Gasteiger partial charge in [0.05, 0.1) is 17.9 Å². The van der Waals surface area contributed by atoms with E-state index >= 15 is 0 Å². The number of carbonyl (C=O) groups excluding carboxylic acids is 3. The summed E-state index contributed by atoms with van der Waals surface area (Å²) in [5.41, 5.74) is 2.15. The summed E-state index contributed by atoms with van der Waals surface area (Å²) in [5.74, 6) is -0.588. The lowest BCUT2D eigenvalue weighted by molar-refractivity contribution is -0.120. The molecule has 3 aromatic rings. The molecule has 0 radical (unpaired) electrons. The van der Waals surface area contributed by atoms with Gasteiger partial charge in [0.2, 0.25) is 5.91 Å². The molecule has 8 heteroatoms. The Labute approximate surface area is 189 Å². The van der Waals surface area contributed by atoms with Crippen molar-refractivity contribution in [3.63, 3.8) is 0 Å². The van der Waals surface area contributed by atoms with Gasteiger partial charge in [-0.25, -0.2) is 4.90 Å². The van der Waals surface area contributed by atoms with Crippen LogP contribution in [0.15, 0.2) is 71.7 Å². The van der Waals surface area contributed by atoms with Crippen LogP contribution in [0.2, 0.25) is 0 Å². The monoisotopic (exact) mass is 447 g/mol. The van der Waals surface area contributed by atoms with Gasteiger partial charge in [0.15, 0.2) is 0 Å². The van der Waals surface area contributed by atoms with Gasteiger partial charge in [-0.15, -0.1) is 11.3 Å². The van der Waals surface area contributed by atoms with E-state index in [-0.39, 0.29) is 11.6 Å². The van der Waals surface area contributed by atoms with Crippen molar-refractivity contribution in [1.82, 2.24) is 0 Å². The zero-order valence-corrected chi connectivity index (χ0v) is 18.4. The Morgan fingerprint density at radius 3 is 2.34 bits per heavy atom. The molecule has 0 spiro atoms. The van der Waals surface area contributed by atoms with Crippen LogP contribution in [0.25, 0.3) is 5.57 Å². The average Bonchev–Trinajstić information content (AvgIpc) is 3.37. The zero-order chi connectivity index (χ0) is 22.7. The van der Waals surface area contributed by atoms with Gasteiger partial charge in [-0.2, -0.15) is 0 Å². The van der Waals surface area contributed by atoms with Crippen LogP contribution in [0.3, 0.4) is 0 Å². The highest BCUT2D eigenvalue weighted by Crippen LogP contribution is 2.39. The first-order valence-corrected chi connectivity index (χ1v) is 10.9. The number of para-hydroxylation sites is 2. The topological polar surface area (TPSA) is 87.7 Å². The predicted molar refractivity (Wildman–Crippen MR) is 126 cm³/mol. The number of anilines is 3. The Morgan fingerprint density at radius 2 is 1.69 bits per heavy atom. The third kappa shape index (κ3) is 4.13. The molecule has 2 N–H and O–H groups in total. The number of hydrogen-bond donors (Lipinski definition) is 2. The summed E-state index contributed by atoms with van der Waals surface area (Å²) in [5, 5.41) is 7.67. The molecular weight excluding hydrogens is 426 g/mol. The molecule has 4 rings (SSSR count). The van der Waals surface area contributed by atoms with Crippen molar-refractivity contribution < 1.29 is 19.1 Å². The molecule has 7 nitrogen and oxygen atoms in total. The second kappa shape index (κ2) is 9.07. The van der Waals surface area contributed by atoms with E-state index in [0.717, 1.165) is 4.90 Å². The Balaban J connectivity index is 1.72. The van der Waals surface area contributed by atoms with Gasteiger partial charge in [-0.3, -0.25) is 14.4 Å². The largest absolute Gasteiger partial charge is 0.492 e. The molecular formula is C24H21N3O4S. The Morgan fingerprint density at radius 1 is 0.969 bits per heavy atom. The molecule has 162 valence electrons. The quantitative estimate of drug-likeness (QED) is 0.521. The second-order valence-corrected chi connectivity index (χ2v) is 7.90. The van der Waals surface area contributed by atoms with E-state index in [1.165, 1.54) is 18.3 Å². The van der Waals surface area contributed by atoms with Crippen LogP contribution in [0, 0.1) is 0 Å². The number of amides is 3. The van der Waals surface area contributed by atoms with Gasteiger partial charge in [-0.05, 0) is 54.8 Å². The predicted octanol–water partition coefficient (Wildman–Crippen LogP) is 4.50. The van der Waals surface area contributed by atoms with E-state index in [2.05, 4.69) is 10.6 Å². The smallest absolute Gasteiger partial charge is 0.282 e. The van der Waals surface area contributed by atoms with E-state index < -0.39 is 11.8 Å². The van der Waals surface area contributed by atoms with Gasteiger partial charge in [0.1, 0.15) is 11.4 Å². The maximum absolute atomic E-state index is 13.5. The fourth-order valence-electron chi connectivity index (χ4n) is 3.42. The molecule has 0 unspecified atom stereocenters. The SMILES string of the molecule is CCOc1ccccc1N1C(=O)C(Nc2ccc(NC(C)=O)cc2)=C(c2cccs2)C1=O. The standard InChI is InChI=1S/C24H21N3O4S/c1-3-31-19-8-5-4-7-18(19)27-23(29)21(20-9-6-14-32-20)22(24(27)30)26-17-12-10-16(11-13-17)25-15(2)28/h4-14,26H,3H2,1-2H3,(H,25,28). The molecule has 2 heterocycles. The van der Waals surface area contributed by atoms with Crippen molar-refractivity contribution in [2.45, 2.75) is 13.8 Å². The molecule has 0 fully saturated rings. The number of thiophene rings is 1. The molecule has 1 aliphatic rings. The number of nitrogens with one attached hydrogen (secondary N) is 2. The van der Waals surface area contributed by atoms with Crippen molar-refractivity contribution in [3.05, 3.63) is 76.6 Å². The van der Waals surface area contributed by atoms with Crippen LogP contribution in [0.5, 0.6) is 5.75 Å². The van der Waals surface area contributed by atoms with Crippen LogP contribution in [0.1, 0.15) is 18.7 Å². The molecule has 0 atom stereocenters. The summed E-state index contributed by atoms with van der Waals surface area (Å²) in [6.45, 7) is 3.68. The first-order valence-electron chi connectivity index (χ1n) is 10.0. The lowest BCUT2D eigenvalue weighted by atomic mass is 10.1. The minimum absolute atomic E-state index is 0.173. The molecule has 0 saturated heterocycles. The van der Waals surface area contributed by atoms with E-state index in [0.29, 0.717) is 39.9 Å². The number of ether oxygens (including phenoxy) is 1. The van der Waals surface area contributed by atoms with Gasteiger partial charge < -0.3 is 15.4 Å². The fourth-order valence-corrected chi connectivity index (χ4v) is 4.19. The third-order valence-corrected chi connectivity index (χ3v) is 5.62. The average molecular weight is 448 g/mol. The number of hydrogen-bond acceptors (Lipinski definition) is 6. The molecule has 1 aromatic heterocycles. The Hall–Kier alpha value is -3.91. The number of imide groups is 1. The van der Waals surface area contributed by atoms with Crippen molar-refractivity contribution in [2.75, 3.05) is 22.1 Å². The lowest BCUT2D eigenvalue weighted by Crippen LogP contribution is -2.32. The summed E-state index contributed by atoms with van der Waals surface area (Å²) in [6.07, 6.45) is 0. The van der Waals surface area contributed by atoms with E-state index in [4.69, 9.17) is 4.74 Å².